The quantitative estimate of drug-likeness (QED) is 0.537. The van der Waals surface area contributed by atoms with Gasteiger partial charge in [0.25, 0.3) is 10.0 Å². The normalized spacial score (nSPS) is 13.1. The van der Waals surface area contributed by atoms with Crippen LogP contribution in [0.1, 0.15) is 18.9 Å². The molecule has 3 nitrogen and oxygen atoms in total. The van der Waals surface area contributed by atoms with E-state index in [0.29, 0.717) is 10.6 Å². The summed E-state index contributed by atoms with van der Waals surface area (Å²) >= 11 is 0. The molecule has 0 aliphatic carbocycles. The molecule has 0 amide bonds. The molecule has 1 unspecified atom stereocenters. The van der Waals surface area contributed by atoms with Gasteiger partial charge in [0, 0.05) is 0 Å². The van der Waals surface area contributed by atoms with Gasteiger partial charge in [-0.3, -0.25) is 4.31 Å². The highest BCUT2D eigenvalue weighted by molar-refractivity contribution is 7.92. The number of hydrogen-bond donors (Lipinski definition) is 0. The third kappa shape index (κ3) is 5.69. The third-order valence-corrected chi connectivity index (χ3v) is 5.99. The Labute approximate surface area is 163 Å². The van der Waals surface area contributed by atoms with Crippen molar-refractivity contribution in [1.82, 2.24) is 0 Å². The number of allylic oxidation sites excluding steroid dienone is 4. The molecule has 0 saturated heterocycles. The van der Waals surface area contributed by atoms with Crippen molar-refractivity contribution in [1.29, 1.82) is 0 Å². The molecule has 0 N–H and O–H groups in total. The Balaban J connectivity index is 2.35. The second kappa shape index (κ2) is 9.93. The summed E-state index contributed by atoms with van der Waals surface area (Å²) in [5.74, 6) is 0.215. The average molecular weight is 382 g/mol. The molecule has 0 aliphatic rings. The van der Waals surface area contributed by atoms with Gasteiger partial charge >= 0.3 is 0 Å². The average Bonchev–Trinajstić information content (AvgIpc) is 2.66. The van der Waals surface area contributed by atoms with Crippen LogP contribution >= 0.6 is 0 Å². The molecule has 2 aromatic rings. The molecule has 0 radical (unpaired) electrons. The zero-order valence-corrected chi connectivity index (χ0v) is 16.8. The number of hydrogen-bond acceptors (Lipinski definition) is 2. The van der Waals surface area contributed by atoms with Crippen molar-refractivity contribution in [3.8, 4) is 0 Å². The van der Waals surface area contributed by atoms with E-state index in [4.69, 9.17) is 0 Å². The van der Waals surface area contributed by atoms with E-state index in [-0.39, 0.29) is 12.5 Å². The smallest absolute Gasteiger partial charge is 0.263 e. The highest BCUT2D eigenvalue weighted by atomic mass is 32.2. The van der Waals surface area contributed by atoms with E-state index in [1.54, 1.807) is 12.1 Å². The molecule has 0 aliphatic heterocycles. The monoisotopic (exact) mass is 381 g/mol. The molecule has 4 heteroatoms. The largest absolute Gasteiger partial charge is 0.264 e. The number of sulfonamides is 1. The molecular formula is C23H27NO2S. The lowest BCUT2D eigenvalue weighted by atomic mass is 10.0. The molecule has 1 atom stereocenters. The molecular weight excluding hydrogens is 354 g/mol. The molecule has 2 rings (SSSR count). The van der Waals surface area contributed by atoms with Gasteiger partial charge in [-0.1, -0.05) is 66.3 Å². The summed E-state index contributed by atoms with van der Waals surface area (Å²) in [7, 11) is -3.65. The van der Waals surface area contributed by atoms with Gasteiger partial charge in [-0.15, -0.1) is 6.58 Å². The van der Waals surface area contributed by atoms with Crippen LogP contribution in [0.4, 0.5) is 5.69 Å². The molecule has 0 spiro atoms. The Hall–Kier alpha value is -2.59. The van der Waals surface area contributed by atoms with Gasteiger partial charge in [-0.2, -0.15) is 0 Å². The van der Waals surface area contributed by atoms with Crippen LogP contribution in [0, 0.1) is 12.8 Å². The van der Waals surface area contributed by atoms with Crippen LogP contribution in [-0.2, 0) is 10.0 Å². The lowest BCUT2D eigenvalue weighted by Gasteiger charge is -2.23. The van der Waals surface area contributed by atoms with Crippen molar-refractivity contribution in [2.24, 2.45) is 5.92 Å². The van der Waals surface area contributed by atoms with Crippen molar-refractivity contribution in [3.05, 3.63) is 97.1 Å². The fourth-order valence-electron chi connectivity index (χ4n) is 2.77. The fourth-order valence-corrected chi connectivity index (χ4v) is 4.18. The van der Waals surface area contributed by atoms with Crippen LogP contribution in [0.25, 0.3) is 0 Å². The number of anilines is 1. The minimum atomic E-state index is -3.65. The van der Waals surface area contributed by atoms with Gasteiger partial charge in [-0.05, 0) is 50.5 Å². The number of rotatable bonds is 9. The first-order chi connectivity index (χ1) is 13.0. The number of nitrogens with zero attached hydrogens (tertiary/aromatic N) is 1. The molecule has 0 heterocycles. The van der Waals surface area contributed by atoms with Gasteiger partial charge < -0.3 is 0 Å². The topological polar surface area (TPSA) is 37.4 Å². The minimum Gasteiger partial charge on any atom is -0.263 e. The third-order valence-electron chi connectivity index (χ3n) is 4.19. The second-order valence-electron chi connectivity index (χ2n) is 6.33. The van der Waals surface area contributed by atoms with Crippen molar-refractivity contribution >= 4 is 15.7 Å². The van der Waals surface area contributed by atoms with Gasteiger partial charge in [-0.25, -0.2) is 8.42 Å². The van der Waals surface area contributed by atoms with Crippen molar-refractivity contribution in [2.75, 3.05) is 10.8 Å². The van der Waals surface area contributed by atoms with Crippen LogP contribution in [0.15, 0.2) is 96.5 Å². The van der Waals surface area contributed by atoms with E-state index < -0.39 is 10.0 Å². The molecule has 27 heavy (non-hydrogen) atoms. The Morgan fingerprint density at radius 2 is 1.70 bits per heavy atom. The Morgan fingerprint density at radius 3 is 2.30 bits per heavy atom. The molecule has 0 saturated carbocycles. The first-order valence-electron chi connectivity index (χ1n) is 9.04. The first-order valence-corrected chi connectivity index (χ1v) is 10.5. The molecule has 0 bridgehead atoms. The van der Waals surface area contributed by atoms with Crippen molar-refractivity contribution in [2.45, 2.75) is 25.2 Å². The number of aryl methyl sites for hydroxylation is 1. The zero-order valence-electron chi connectivity index (χ0n) is 16.0. The lowest BCUT2D eigenvalue weighted by molar-refractivity contribution is 0.592. The summed E-state index contributed by atoms with van der Waals surface area (Å²) in [5.41, 5.74) is 1.67. The van der Waals surface area contributed by atoms with Gasteiger partial charge in [0.2, 0.25) is 0 Å². The second-order valence-corrected chi connectivity index (χ2v) is 8.19. The van der Waals surface area contributed by atoms with Crippen LogP contribution in [-0.4, -0.2) is 15.0 Å². The number of benzene rings is 2. The molecule has 0 aromatic heterocycles. The van der Waals surface area contributed by atoms with Crippen LogP contribution < -0.4 is 4.31 Å². The van der Waals surface area contributed by atoms with Gasteiger partial charge in [0.15, 0.2) is 0 Å². The molecule has 142 valence electrons. The minimum absolute atomic E-state index is 0.215. The van der Waals surface area contributed by atoms with Crippen molar-refractivity contribution < 1.29 is 8.42 Å². The summed E-state index contributed by atoms with van der Waals surface area (Å²) in [6, 6.07) is 16.1. The van der Waals surface area contributed by atoms with E-state index in [1.807, 2.05) is 80.6 Å². The summed E-state index contributed by atoms with van der Waals surface area (Å²) in [6.07, 6.45) is 10.7. The van der Waals surface area contributed by atoms with E-state index in [0.717, 1.165) is 12.0 Å². The maximum atomic E-state index is 13.2. The van der Waals surface area contributed by atoms with Crippen LogP contribution in [0.5, 0.6) is 0 Å². The first kappa shape index (κ1) is 20.7. The SMILES string of the molecule is C=CCC(/C=C/C)/C=C/CN(c1ccccc1)S(=O)(=O)c1ccc(C)cc1. The Bertz CT molecular complexity index is 882. The summed E-state index contributed by atoms with van der Waals surface area (Å²) in [4.78, 5) is 0.293. The van der Waals surface area contributed by atoms with E-state index in [1.165, 1.54) is 4.31 Å². The predicted octanol–water partition coefficient (Wildman–Crippen LogP) is 5.51. The van der Waals surface area contributed by atoms with E-state index in [2.05, 4.69) is 12.7 Å². The van der Waals surface area contributed by atoms with E-state index >= 15 is 0 Å². The Morgan fingerprint density at radius 1 is 1.04 bits per heavy atom. The summed E-state index contributed by atoms with van der Waals surface area (Å²) < 4.78 is 27.9. The summed E-state index contributed by atoms with van der Waals surface area (Å²) in [6.45, 7) is 7.97. The lowest BCUT2D eigenvalue weighted by Crippen LogP contribution is -2.31. The maximum Gasteiger partial charge on any atom is 0.264 e. The standard InChI is InChI=1S/C23H27NO2S/c1-4-10-21(11-5-2)12-9-19-24(22-13-7-6-8-14-22)27(25,26)23-17-15-20(3)16-18-23/h4-9,11-18,21H,1,10,19H2,2-3H3/b11-5+,12-9+. The number of para-hydroxylation sites is 1. The predicted molar refractivity (Wildman–Crippen MR) is 114 cm³/mol. The van der Waals surface area contributed by atoms with Crippen LogP contribution in [0.3, 0.4) is 0 Å². The van der Waals surface area contributed by atoms with E-state index in [9.17, 15) is 8.42 Å². The van der Waals surface area contributed by atoms with Gasteiger partial charge in [0.05, 0.1) is 17.1 Å². The highest BCUT2D eigenvalue weighted by Crippen LogP contribution is 2.24. The Kier molecular flexibility index (Phi) is 7.62. The summed E-state index contributed by atoms with van der Waals surface area (Å²) in [5, 5.41) is 0. The van der Waals surface area contributed by atoms with Gasteiger partial charge in [0.1, 0.15) is 0 Å². The zero-order chi connectivity index (χ0) is 19.7. The highest BCUT2D eigenvalue weighted by Gasteiger charge is 2.23. The molecule has 0 fully saturated rings. The maximum absolute atomic E-state index is 13.2. The molecule has 2 aromatic carbocycles. The van der Waals surface area contributed by atoms with Crippen LogP contribution in [0.2, 0.25) is 0 Å². The fraction of sp³-hybridized carbons (Fsp3) is 0.217. The van der Waals surface area contributed by atoms with Crippen molar-refractivity contribution in [3.63, 3.8) is 0 Å².